The third kappa shape index (κ3) is 7.05. The van der Waals surface area contributed by atoms with Crippen LogP contribution in [0, 0.1) is 11.7 Å². The number of piperidine rings is 1. The number of aliphatic hydroxyl groups is 1. The number of para-hydroxylation sites is 1. The van der Waals surface area contributed by atoms with E-state index in [0.717, 1.165) is 28.5 Å². The minimum absolute atomic E-state index is 0.0861. The van der Waals surface area contributed by atoms with Crippen LogP contribution in [0.3, 0.4) is 0 Å². The van der Waals surface area contributed by atoms with Crippen molar-refractivity contribution in [2.24, 2.45) is 11.7 Å². The fourth-order valence-electron chi connectivity index (χ4n) is 6.69. The molecule has 1 aliphatic rings. The Labute approximate surface area is 263 Å². The molecule has 0 saturated carbocycles. The van der Waals surface area contributed by atoms with E-state index in [1.54, 1.807) is 17.0 Å². The number of carbonyl (C=O) groups excluding carboxylic acids is 2. The number of hydrogen-bond donors (Lipinski definition) is 4. The molecule has 8 nitrogen and oxygen atoms in total. The van der Waals surface area contributed by atoms with E-state index in [4.69, 9.17) is 10.5 Å². The van der Waals surface area contributed by atoms with E-state index < -0.39 is 29.5 Å². The Morgan fingerprint density at radius 3 is 2.78 bits per heavy atom. The van der Waals surface area contributed by atoms with Crippen LogP contribution in [0.15, 0.2) is 72.9 Å². The number of halogens is 1. The predicted molar refractivity (Wildman–Crippen MR) is 174 cm³/mol. The average Bonchev–Trinajstić information content (AvgIpc) is 3.48. The summed E-state index contributed by atoms with van der Waals surface area (Å²) in [5.41, 5.74) is 9.54. The topological polar surface area (TPSA) is 121 Å². The van der Waals surface area contributed by atoms with Gasteiger partial charge in [0.1, 0.15) is 5.82 Å². The number of rotatable bonds is 11. The molecule has 2 amide bonds. The Balaban J connectivity index is 1.44. The van der Waals surface area contributed by atoms with E-state index in [9.17, 15) is 14.7 Å². The Morgan fingerprint density at radius 2 is 1.98 bits per heavy atom. The van der Waals surface area contributed by atoms with E-state index in [-0.39, 0.29) is 25.5 Å². The Bertz CT molecular complexity index is 1640. The lowest BCUT2D eigenvalue weighted by atomic mass is 9.72. The van der Waals surface area contributed by atoms with Crippen LogP contribution in [0.4, 0.5) is 9.18 Å². The van der Waals surface area contributed by atoms with Crippen LogP contribution in [0.5, 0.6) is 0 Å². The quantitative estimate of drug-likeness (QED) is 0.162. The first-order valence-electron chi connectivity index (χ1n) is 15.8. The zero-order chi connectivity index (χ0) is 32.0. The molecule has 0 aliphatic carbocycles. The van der Waals surface area contributed by atoms with Crippen LogP contribution in [-0.2, 0) is 28.0 Å². The number of alkyl carbamates (subject to hydrolysis) is 1. The van der Waals surface area contributed by atoms with Crippen molar-refractivity contribution in [1.82, 2.24) is 15.2 Å². The number of amides is 2. The number of H-pyrrole nitrogens is 1. The van der Waals surface area contributed by atoms with E-state index in [2.05, 4.69) is 10.3 Å². The highest BCUT2D eigenvalue weighted by atomic mass is 19.1. The van der Waals surface area contributed by atoms with Crippen LogP contribution in [0.2, 0.25) is 0 Å². The van der Waals surface area contributed by atoms with Crippen molar-refractivity contribution in [2.45, 2.75) is 57.1 Å². The number of aromatic nitrogens is 1. The lowest BCUT2D eigenvalue weighted by Gasteiger charge is -2.44. The van der Waals surface area contributed by atoms with E-state index in [0.29, 0.717) is 48.9 Å². The van der Waals surface area contributed by atoms with E-state index >= 15 is 4.39 Å². The standard InChI is InChI=1S/C36H43FN4O4/c1-3-24-10-6-11-25(20-24)33-29(14-7-15-30(33)37)36(44,17-9-19-45-35(43)39-2)27-12-8-18-41(23-27)34(42)31(38)21-26-22-40-32-16-5-4-13-28(26)32/h4-7,10-11,13-16,20,22,27,31,40,44H,3,8-9,12,17-19,21,23,38H2,1-2H3,(H,39,43)/t27?,31-,36?/m0/s1. The van der Waals surface area contributed by atoms with E-state index in [1.165, 1.54) is 13.1 Å². The average molecular weight is 615 g/mol. The third-order valence-corrected chi connectivity index (χ3v) is 9.08. The molecule has 238 valence electrons. The summed E-state index contributed by atoms with van der Waals surface area (Å²) in [7, 11) is 1.49. The van der Waals surface area contributed by atoms with Gasteiger partial charge >= 0.3 is 6.09 Å². The minimum atomic E-state index is -1.51. The molecule has 0 bridgehead atoms. The molecule has 2 unspecified atom stereocenters. The summed E-state index contributed by atoms with van der Waals surface area (Å²) in [6.45, 7) is 2.93. The first kappa shape index (κ1) is 32.2. The van der Waals surface area contributed by atoms with Gasteiger partial charge in [0.25, 0.3) is 0 Å². The van der Waals surface area contributed by atoms with Gasteiger partial charge in [-0.2, -0.15) is 0 Å². The normalized spacial score (nSPS) is 17.1. The maximum atomic E-state index is 15.7. The Morgan fingerprint density at radius 1 is 1.18 bits per heavy atom. The second kappa shape index (κ2) is 14.3. The molecule has 0 spiro atoms. The molecule has 1 saturated heterocycles. The second-order valence-corrected chi connectivity index (χ2v) is 11.9. The fourth-order valence-corrected chi connectivity index (χ4v) is 6.69. The summed E-state index contributed by atoms with van der Waals surface area (Å²) in [5, 5.41) is 16.2. The second-order valence-electron chi connectivity index (χ2n) is 11.9. The fraction of sp³-hybridized carbons (Fsp3) is 0.389. The molecule has 0 radical (unpaired) electrons. The smallest absolute Gasteiger partial charge is 0.406 e. The van der Waals surface area contributed by atoms with Crippen LogP contribution < -0.4 is 11.1 Å². The SMILES string of the molecule is CCc1cccc(-c2c(F)cccc2C(O)(CCCOC(=O)NC)C2CCCN(C(=O)[C@@H](N)Cc3c[nH]c4ccccc34)C2)c1. The van der Waals surface area contributed by atoms with Crippen molar-refractivity contribution in [3.8, 4) is 11.1 Å². The summed E-state index contributed by atoms with van der Waals surface area (Å²) in [6, 6.07) is 19.7. The number of aromatic amines is 1. The third-order valence-electron chi connectivity index (χ3n) is 9.08. The zero-order valence-corrected chi connectivity index (χ0v) is 26.0. The van der Waals surface area contributed by atoms with Gasteiger partial charge in [-0.3, -0.25) is 4.79 Å². The number of aryl methyl sites for hydroxylation is 1. The largest absolute Gasteiger partial charge is 0.450 e. The maximum Gasteiger partial charge on any atom is 0.406 e. The predicted octanol–water partition coefficient (Wildman–Crippen LogP) is 5.67. The van der Waals surface area contributed by atoms with Crippen LogP contribution in [0.25, 0.3) is 22.0 Å². The van der Waals surface area contributed by atoms with Crippen molar-refractivity contribution in [2.75, 3.05) is 26.7 Å². The van der Waals surface area contributed by atoms with Gasteiger partial charge in [0.05, 0.1) is 18.2 Å². The number of hydrogen-bond acceptors (Lipinski definition) is 5. The number of nitrogens with one attached hydrogen (secondary N) is 2. The highest BCUT2D eigenvalue weighted by molar-refractivity contribution is 5.86. The molecular weight excluding hydrogens is 571 g/mol. The van der Waals surface area contributed by atoms with Gasteiger partial charge in [0.15, 0.2) is 0 Å². The Kier molecular flexibility index (Phi) is 10.2. The molecule has 1 aromatic heterocycles. The number of likely N-dealkylation sites (tertiary alicyclic amines) is 1. The van der Waals surface area contributed by atoms with Gasteiger partial charge in [-0.25, -0.2) is 9.18 Å². The van der Waals surface area contributed by atoms with Crippen molar-refractivity contribution in [1.29, 1.82) is 0 Å². The lowest BCUT2D eigenvalue weighted by molar-refractivity contribution is -0.138. The van der Waals surface area contributed by atoms with Crippen LogP contribution in [-0.4, -0.2) is 59.8 Å². The maximum absolute atomic E-state index is 15.7. The number of nitrogens with zero attached hydrogens (tertiary/aromatic N) is 1. The molecular formula is C36H43FN4O4. The van der Waals surface area contributed by atoms with Gasteiger partial charge in [0, 0.05) is 48.7 Å². The summed E-state index contributed by atoms with van der Waals surface area (Å²) in [6.07, 6.45) is 4.38. The molecule has 3 aromatic carbocycles. The summed E-state index contributed by atoms with van der Waals surface area (Å²) in [5.74, 6) is -0.999. The number of ether oxygens (including phenoxy) is 1. The Hall–Kier alpha value is -4.21. The first-order valence-corrected chi connectivity index (χ1v) is 15.8. The van der Waals surface area contributed by atoms with Gasteiger partial charge in [0.2, 0.25) is 5.91 Å². The highest BCUT2D eigenvalue weighted by Gasteiger charge is 2.43. The van der Waals surface area contributed by atoms with Gasteiger partial charge < -0.3 is 30.8 Å². The number of nitrogens with two attached hydrogens (primary N) is 1. The molecule has 3 atom stereocenters. The summed E-state index contributed by atoms with van der Waals surface area (Å²) >= 11 is 0. The molecule has 4 aromatic rings. The van der Waals surface area contributed by atoms with Gasteiger partial charge in [-0.15, -0.1) is 0 Å². The summed E-state index contributed by atoms with van der Waals surface area (Å²) in [4.78, 5) is 30.4. The zero-order valence-electron chi connectivity index (χ0n) is 26.0. The number of carbonyl (C=O) groups is 2. The minimum Gasteiger partial charge on any atom is -0.450 e. The molecule has 5 rings (SSSR count). The molecule has 5 N–H and O–H groups in total. The molecule has 1 aliphatic heterocycles. The molecule has 45 heavy (non-hydrogen) atoms. The van der Waals surface area contributed by atoms with Crippen LogP contribution in [0.1, 0.15) is 49.3 Å². The van der Waals surface area contributed by atoms with Crippen molar-refractivity contribution >= 4 is 22.9 Å². The van der Waals surface area contributed by atoms with Gasteiger partial charge in [-0.1, -0.05) is 61.5 Å². The molecule has 9 heteroatoms. The summed E-state index contributed by atoms with van der Waals surface area (Å²) < 4.78 is 21.0. The molecule has 1 fully saturated rings. The number of fused-ring (bicyclic) bond motifs is 1. The van der Waals surface area contributed by atoms with E-state index in [1.807, 2.05) is 61.7 Å². The highest BCUT2D eigenvalue weighted by Crippen LogP contribution is 2.44. The van der Waals surface area contributed by atoms with Gasteiger partial charge in [-0.05, 0) is 72.9 Å². The monoisotopic (exact) mass is 614 g/mol. The first-order chi connectivity index (χ1) is 21.7. The number of benzene rings is 3. The van der Waals surface area contributed by atoms with Crippen LogP contribution >= 0.6 is 0 Å². The van der Waals surface area contributed by atoms with Crippen molar-refractivity contribution in [3.05, 3.63) is 95.4 Å². The van der Waals surface area contributed by atoms with Crippen molar-refractivity contribution in [3.63, 3.8) is 0 Å². The molecule has 2 heterocycles. The lowest BCUT2D eigenvalue weighted by Crippen LogP contribution is -2.52. The van der Waals surface area contributed by atoms with Crippen molar-refractivity contribution < 1.29 is 23.8 Å².